The third-order valence-corrected chi connectivity index (χ3v) is 6.41. The third-order valence-electron chi connectivity index (χ3n) is 4.78. The normalized spacial score (nSPS) is 12.0. The number of benzene rings is 2. The van der Waals surface area contributed by atoms with Crippen molar-refractivity contribution in [3.63, 3.8) is 0 Å². The lowest BCUT2D eigenvalue weighted by molar-refractivity contribution is -0.139. The number of carbonyl (C=O) groups excluding carboxylic acids is 2. The van der Waals surface area contributed by atoms with Crippen molar-refractivity contribution in [1.29, 1.82) is 0 Å². The maximum absolute atomic E-state index is 13.4. The first-order chi connectivity index (χ1) is 15.1. The number of amides is 2. The first-order valence-corrected chi connectivity index (χ1v) is 12.6. The van der Waals surface area contributed by atoms with Crippen LogP contribution >= 0.6 is 15.9 Å². The number of carbonyl (C=O) groups is 2. The molecule has 10 heteroatoms. The predicted octanol–water partition coefficient (Wildman–Crippen LogP) is 2.78. The van der Waals surface area contributed by atoms with Crippen LogP contribution in [0, 0.1) is 0 Å². The summed E-state index contributed by atoms with van der Waals surface area (Å²) in [6.07, 6.45) is 1.03. The summed E-state index contributed by atoms with van der Waals surface area (Å²) in [5.41, 5.74) is 1.10. The second kappa shape index (κ2) is 11.3. The summed E-state index contributed by atoms with van der Waals surface area (Å²) in [5, 5.41) is 2.72. The zero-order chi connectivity index (χ0) is 23.9. The molecule has 2 rings (SSSR count). The number of sulfonamides is 1. The molecule has 2 amide bonds. The van der Waals surface area contributed by atoms with Crippen LogP contribution in [-0.4, -0.2) is 57.6 Å². The Morgan fingerprint density at radius 1 is 1.16 bits per heavy atom. The van der Waals surface area contributed by atoms with Gasteiger partial charge in [-0.15, -0.1) is 0 Å². The number of halogens is 1. The molecule has 0 radical (unpaired) electrons. The fraction of sp³-hybridized carbons (Fsp3) is 0.364. The van der Waals surface area contributed by atoms with Crippen LogP contribution in [0.3, 0.4) is 0 Å². The fourth-order valence-electron chi connectivity index (χ4n) is 3.12. The molecule has 0 aliphatic rings. The Morgan fingerprint density at radius 3 is 2.44 bits per heavy atom. The van der Waals surface area contributed by atoms with Gasteiger partial charge in [-0.05, 0) is 43.7 Å². The van der Waals surface area contributed by atoms with E-state index in [4.69, 9.17) is 4.74 Å². The van der Waals surface area contributed by atoms with Gasteiger partial charge in [-0.3, -0.25) is 13.9 Å². The minimum absolute atomic E-state index is 0.145. The summed E-state index contributed by atoms with van der Waals surface area (Å²) in [4.78, 5) is 27.3. The maximum Gasteiger partial charge on any atom is 0.244 e. The number of likely N-dealkylation sites (N-methyl/N-ethyl adjacent to an activating group) is 1. The molecule has 0 aromatic heterocycles. The van der Waals surface area contributed by atoms with Gasteiger partial charge in [0.15, 0.2) is 0 Å². The van der Waals surface area contributed by atoms with E-state index >= 15 is 0 Å². The van der Waals surface area contributed by atoms with E-state index in [0.717, 1.165) is 20.6 Å². The van der Waals surface area contributed by atoms with Gasteiger partial charge >= 0.3 is 0 Å². The molecule has 2 aromatic rings. The SMILES string of the molecule is CCNC(=O)[C@H](C)N(Cc1cccc(Br)c1)C(=O)CN(c1cccc(OC)c1)S(C)(=O)=O. The average Bonchev–Trinajstić information content (AvgIpc) is 2.74. The lowest BCUT2D eigenvalue weighted by atomic mass is 10.1. The van der Waals surface area contributed by atoms with Gasteiger partial charge in [-0.1, -0.05) is 34.1 Å². The Kier molecular flexibility index (Phi) is 9.09. The molecule has 0 heterocycles. The molecule has 8 nitrogen and oxygen atoms in total. The fourth-order valence-corrected chi connectivity index (χ4v) is 4.40. The van der Waals surface area contributed by atoms with Crippen molar-refractivity contribution in [1.82, 2.24) is 10.2 Å². The summed E-state index contributed by atoms with van der Waals surface area (Å²) < 4.78 is 32.1. The lowest BCUT2D eigenvalue weighted by Gasteiger charge is -2.31. The summed E-state index contributed by atoms with van der Waals surface area (Å²) in [5.74, 6) is -0.356. The van der Waals surface area contributed by atoms with Crippen molar-refractivity contribution in [2.24, 2.45) is 0 Å². The molecule has 0 saturated carbocycles. The van der Waals surface area contributed by atoms with Gasteiger partial charge in [0.25, 0.3) is 0 Å². The van der Waals surface area contributed by atoms with E-state index in [1.807, 2.05) is 24.3 Å². The molecule has 0 saturated heterocycles. The smallest absolute Gasteiger partial charge is 0.244 e. The summed E-state index contributed by atoms with van der Waals surface area (Å²) in [6, 6.07) is 13.0. The minimum Gasteiger partial charge on any atom is -0.497 e. The zero-order valence-electron chi connectivity index (χ0n) is 18.5. The summed E-state index contributed by atoms with van der Waals surface area (Å²) >= 11 is 3.41. The van der Waals surface area contributed by atoms with Crippen molar-refractivity contribution < 1.29 is 22.7 Å². The molecule has 32 heavy (non-hydrogen) atoms. The van der Waals surface area contributed by atoms with Crippen LogP contribution in [0.2, 0.25) is 0 Å². The van der Waals surface area contributed by atoms with Gasteiger partial charge in [0.05, 0.1) is 19.1 Å². The monoisotopic (exact) mass is 525 g/mol. The lowest BCUT2D eigenvalue weighted by Crippen LogP contribution is -2.51. The quantitative estimate of drug-likeness (QED) is 0.514. The number of hydrogen-bond acceptors (Lipinski definition) is 5. The molecule has 174 valence electrons. The van der Waals surface area contributed by atoms with Gasteiger partial charge < -0.3 is 15.0 Å². The highest BCUT2D eigenvalue weighted by Gasteiger charge is 2.30. The molecule has 0 spiro atoms. The maximum atomic E-state index is 13.4. The van der Waals surface area contributed by atoms with E-state index in [2.05, 4.69) is 21.2 Å². The number of methoxy groups -OCH3 is 1. The first kappa shape index (κ1) is 25.7. The van der Waals surface area contributed by atoms with E-state index in [0.29, 0.717) is 18.0 Å². The number of ether oxygens (including phenoxy) is 1. The average molecular weight is 526 g/mol. The Balaban J connectivity index is 2.39. The summed E-state index contributed by atoms with van der Waals surface area (Å²) in [7, 11) is -2.31. The highest BCUT2D eigenvalue weighted by atomic mass is 79.9. The second-order valence-corrected chi connectivity index (χ2v) is 10.0. The first-order valence-electron chi connectivity index (χ1n) is 10.00. The van der Waals surface area contributed by atoms with Gasteiger partial charge in [0.1, 0.15) is 18.3 Å². The molecule has 1 atom stereocenters. The molecule has 1 N–H and O–H groups in total. The molecule has 0 bridgehead atoms. The van der Waals surface area contributed by atoms with Crippen molar-refractivity contribution in [3.8, 4) is 5.75 Å². The van der Waals surface area contributed by atoms with E-state index in [1.165, 1.54) is 12.0 Å². The predicted molar refractivity (Wildman–Crippen MR) is 128 cm³/mol. The van der Waals surface area contributed by atoms with Gasteiger partial charge in [-0.25, -0.2) is 8.42 Å². The molecule has 0 aliphatic heterocycles. The minimum atomic E-state index is -3.79. The number of nitrogens with zero attached hydrogens (tertiary/aromatic N) is 2. The molecule has 0 unspecified atom stereocenters. The van der Waals surface area contributed by atoms with E-state index < -0.39 is 28.5 Å². The molecule has 0 aliphatic carbocycles. The van der Waals surface area contributed by atoms with Crippen molar-refractivity contribution in [2.45, 2.75) is 26.4 Å². The zero-order valence-corrected chi connectivity index (χ0v) is 20.9. The third kappa shape index (κ3) is 6.96. The Hall–Kier alpha value is -2.59. The highest BCUT2D eigenvalue weighted by Crippen LogP contribution is 2.24. The van der Waals surface area contributed by atoms with Crippen LogP contribution in [0.25, 0.3) is 0 Å². The number of nitrogens with one attached hydrogen (secondary N) is 1. The van der Waals surface area contributed by atoms with Crippen LogP contribution in [-0.2, 0) is 26.2 Å². The van der Waals surface area contributed by atoms with E-state index in [-0.39, 0.29) is 12.5 Å². The Morgan fingerprint density at radius 2 is 1.84 bits per heavy atom. The van der Waals surface area contributed by atoms with Crippen LogP contribution in [0.1, 0.15) is 19.4 Å². The van der Waals surface area contributed by atoms with Gasteiger partial charge in [0, 0.05) is 23.6 Å². The van der Waals surface area contributed by atoms with Gasteiger partial charge in [0.2, 0.25) is 21.8 Å². The van der Waals surface area contributed by atoms with Crippen LogP contribution in [0.4, 0.5) is 5.69 Å². The highest BCUT2D eigenvalue weighted by molar-refractivity contribution is 9.10. The second-order valence-electron chi connectivity index (χ2n) is 7.19. The molecule has 2 aromatic carbocycles. The molecular formula is C22H28BrN3O5S. The Bertz CT molecular complexity index is 1060. The number of rotatable bonds is 10. The van der Waals surface area contributed by atoms with Crippen LogP contribution in [0.15, 0.2) is 53.0 Å². The van der Waals surface area contributed by atoms with Crippen LogP contribution < -0.4 is 14.4 Å². The van der Waals surface area contributed by atoms with Crippen molar-refractivity contribution >= 4 is 43.5 Å². The van der Waals surface area contributed by atoms with E-state index in [9.17, 15) is 18.0 Å². The standard InChI is InChI=1S/C22H28BrN3O5S/c1-5-24-22(28)16(2)25(14-17-8-6-9-18(23)12-17)21(27)15-26(32(4,29)30)19-10-7-11-20(13-19)31-3/h6-13,16H,5,14-15H2,1-4H3,(H,24,28)/t16-/m0/s1. The van der Waals surface area contributed by atoms with Crippen molar-refractivity contribution in [2.75, 3.05) is 30.8 Å². The summed E-state index contributed by atoms with van der Waals surface area (Å²) in [6.45, 7) is 3.52. The number of hydrogen-bond donors (Lipinski definition) is 1. The Labute approximate surface area is 197 Å². The van der Waals surface area contributed by atoms with Crippen LogP contribution in [0.5, 0.6) is 5.75 Å². The van der Waals surface area contributed by atoms with Crippen molar-refractivity contribution in [3.05, 3.63) is 58.6 Å². The van der Waals surface area contributed by atoms with E-state index in [1.54, 1.807) is 38.1 Å². The topological polar surface area (TPSA) is 96.0 Å². The number of anilines is 1. The largest absolute Gasteiger partial charge is 0.497 e. The van der Waals surface area contributed by atoms with Gasteiger partial charge in [-0.2, -0.15) is 0 Å². The molecular weight excluding hydrogens is 498 g/mol. The molecule has 0 fully saturated rings.